The number of rotatable bonds is 12. The molecule has 2 atom stereocenters. The van der Waals surface area contributed by atoms with Gasteiger partial charge < -0.3 is 10.2 Å². The van der Waals surface area contributed by atoms with Crippen LogP contribution < -0.4 is 9.62 Å². The maximum atomic E-state index is 14.8. The molecule has 0 saturated carbocycles. The van der Waals surface area contributed by atoms with Gasteiger partial charge in [0.25, 0.3) is 0 Å². The van der Waals surface area contributed by atoms with Gasteiger partial charge in [0.1, 0.15) is 18.4 Å². The Balaban J connectivity index is 2.08. The fraction of sp³-hybridized carbons (Fsp3) is 0.310. The number of nitrogens with zero attached hydrogens (tertiary/aromatic N) is 2. The first kappa shape index (κ1) is 30.3. The monoisotopic (exact) mass is 617 g/mol. The highest BCUT2D eigenvalue weighted by molar-refractivity contribution is 9.10. The minimum Gasteiger partial charge on any atom is -0.352 e. The van der Waals surface area contributed by atoms with Crippen LogP contribution in [0.15, 0.2) is 83.3 Å². The van der Waals surface area contributed by atoms with Crippen LogP contribution in [0, 0.1) is 5.82 Å². The molecule has 0 aliphatic heterocycles. The van der Waals surface area contributed by atoms with Gasteiger partial charge in [0.2, 0.25) is 21.8 Å². The molecule has 0 aromatic heterocycles. The standard InChI is InChI=1S/C29H33BrFN3O4S/c1-4-21(2)32-29(36)27(18-22-12-6-5-7-13-22)33(19-23-14-8-10-16-25(23)31)28(35)20-34(39(3,37)38)26-17-11-9-15-24(26)30/h5-17,21,27H,4,18-20H2,1-3H3,(H,32,36). The van der Waals surface area contributed by atoms with E-state index in [1.165, 1.54) is 11.0 Å². The second-order valence-electron chi connectivity index (χ2n) is 9.36. The number of hydrogen-bond donors (Lipinski definition) is 1. The Morgan fingerprint density at radius 1 is 0.974 bits per heavy atom. The third-order valence-electron chi connectivity index (χ3n) is 6.37. The van der Waals surface area contributed by atoms with Gasteiger partial charge in [0, 0.05) is 29.0 Å². The first-order valence-corrected chi connectivity index (χ1v) is 15.2. The molecule has 0 radical (unpaired) electrons. The molecule has 0 spiro atoms. The van der Waals surface area contributed by atoms with Crippen molar-refractivity contribution >= 4 is 43.5 Å². The lowest BCUT2D eigenvalue weighted by molar-refractivity contribution is -0.140. The Hall–Kier alpha value is -3.24. The molecular weight excluding hydrogens is 585 g/mol. The molecule has 3 aromatic rings. The maximum Gasteiger partial charge on any atom is 0.244 e. The molecule has 3 aromatic carbocycles. The molecule has 0 fully saturated rings. The Morgan fingerprint density at radius 3 is 2.21 bits per heavy atom. The topological polar surface area (TPSA) is 86.8 Å². The van der Waals surface area contributed by atoms with Crippen LogP contribution in [0.25, 0.3) is 0 Å². The van der Waals surface area contributed by atoms with Crippen molar-refractivity contribution in [3.8, 4) is 0 Å². The van der Waals surface area contributed by atoms with Crippen LogP contribution in [0.3, 0.4) is 0 Å². The fourth-order valence-corrected chi connectivity index (χ4v) is 5.53. The van der Waals surface area contributed by atoms with Crippen molar-refractivity contribution in [1.82, 2.24) is 10.2 Å². The van der Waals surface area contributed by atoms with Gasteiger partial charge in [-0.3, -0.25) is 13.9 Å². The van der Waals surface area contributed by atoms with E-state index in [4.69, 9.17) is 0 Å². The van der Waals surface area contributed by atoms with E-state index in [2.05, 4.69) is 21.2 Å². The second-order valence-corrected chi connectivity index (χ2v) is 12.1. The number of amides is 2. The third-order valence-corrected chi connectivity index (χ3v) is 8.17. The molecule has 2 amide bonds. The molecule has 0 saturated heterocycles. The molecular formula is C29H33BrFN3O4S. The van der Waals surface area contributed by atoms with Crippen molar-refractivity contribution in [2.75, 3.05) is 17.1 Å². The summed E-state index contributed by atoms with van der Waals surface area (Å²) in [4.78, 5) is 28.9. The van der Waals surface area contributed by atoms with Crippen LogP contribution in [-0.4, -0.2) is 50.0 Å². The van der Waals surface area contributed by atoms with E-state index < -0.39 is 40.2 Å². The first-order chi connectivity index (χ1) is 18.5. The van der Waals surface area contributed by atoms with Crippen LogP contribution in [0.5, 0.6) is 0 Å². The third kappa shape index (κ3) is 8.37. The Labute approximate surface area is 238 Å². The lowest BCUT2D eigenvalue weighted by atomic mass is 10.0. The van der Waals surface area contributed by atoms with Gasteiger partial charge in [-0.25, -0.2) is 12.8 Å². The zero-order valence-electron chi connectivity index (χ0n) is 22.2. The summed E-state index contributed by atoms with van der Waals surface area (Å²) in [5.41, 5.74) is 1.30. The van der Waals surface area contributed by atoms with Crippen LogP contribution in [0.2, 0.25) is 0 Å². The predicted octanol–water partition coefficient (Wildman–Crippen LogP) is 4.91. The van der Waals surface area contributed by atoms with Crippen LogP contribution in [0.1, 0.15) is 31.4 Å². The average molecular weight is 619 g/mol. The van der Waals surface area contributed by atoms with E-state index in [1.807, 2.05) is 44.2 Å². The van der Waals surface area contributed by atoms with E-state index >= 15 is 0 Å². The van der Waals surface area contributed by atoms with Gasteiger partial charge in [-0.2, -0.15) is 0 Å². The molecule has 10 heteroatoms. The summed E-state index contributed by atoms with van der Waals surface area (Å²) in [6.45, 7) is 3.00. The number of para-hydroxylation sites is 1. The summed E-state index contributed by atoms with van der Waals surface area (Å²) >= 11 is 3.37. The van der Waals surface area contributed by atoms with Gasteiger partial charge in [-0.1, -0.05) is 67.6 Å². The molecule has 0 aliphatic carbocycles. The van der Waals surface area contributed by atoms with Crippen molar-refractivity contribution < 1.29 is 22.4 Å². The van der Waals surface area contributed by atoms with E-state index in [1.54, 1.807) is 42.5 Å². The van der Waals surface area contributed by atoms with Crippen molar-refractivity contribution in [2.45, 2.75) is 45.3 Å². The smallest absolute Gasteiger partial charge is 0.244 e. The van der Waals surface area contributed by atoms with E-state index in [0.717, 1.165) is 16.1 Å². The van der Waals surface area contributed by atoms with Crippen molar-refractivity contribution in [3.63, 3.8) is 0 Å². The fourth-order valence-electron chi connectivity index (χ4n) is 4.05. The highest BCUT2D eigenvalue weighted by Crippen LogP contribution is 2.28. The van der Waals surface area contributed by atoms with Gasteiger partial charge >= 0.3 is 0 Å². The molecule has 3 rings (SSSR count). The van der Waals surface area contributed by atoms with Crippen LogP contribution in [-0.2, 0) is 32.6 Å². The Morgan fingerprint density at radius 2 is 1.59 bits per heavy atom. The number of nitrogens with one attached hydrogen (secondary N) is 1. The number of anilines is 1. The number of hydrogen-bond acceptors (Lipinski definition) is 4. The zero-order valence-corrected chi connectivity index (χ0v) is 24.6. The van der Waals surface area contributed by atoms with E-state index in [9.17, 15) is 22.4 Å². The maximum absolute atomic E-state index is 14.8. The predicted molar refractivity (Wildman–Crippen MR) is 155 cm³/mol. The summed E-state index contributed by atoms with van der Waals surface area (Å²) < 4.78 is 41.9. The molecule has 0 heterocycles. The molecule has 0 aliphatic rings. The Bertz CT molecular complexity index is 1390. The number of halogens is 2. The van der Waals surface area contributed by atoms with E-state index in [-0.39, 0.29) is 30.3 Å². The lowest BCUT2D eigenvalue weighted by Gasteiger charge is -2.34. The summed E-state index contributed by atoms with van der Waals surface area (Å²) in [5, 5.41) is 2.94. The zero-order chi connectivity index (χ0) is 28.6. The minimum atomic E-state index is -3.90. The molecule has 0 bridgehead atoms. The number of carbonyl (C=O) groups is 2. The molecule has 7 nitrogen and oxygen atoms in total. The largest absolute Gasteiger partial charge is 0.352 e. The number of sulfonamides is 1. The molecule has 1 N–H and O–H groups in total. The van der Waals surface area contributed by atoms with Crippen LogP contribution >= 0.6 is 15.9 Å². The quantitative estimate of drug-likeness (QED) is 0.313. The highest BCUT2D eigenvalue weighted by atomic mass is 79.9. The van der Waals surface area contributed by atoms with Crippen molar-refractivity contribution in [2.24, 2.45) is 0 Å². The number of benzene rings is 3. The first-order valence-electron chi connectivity index (χ1n) is 12.6. The van der Waals surface area contributed by atoms with Gasteiger partial charge in [-0.15, -0.1) is 0 Å². The molecule has 2 unspecified atom stereocenters. The van der Waals surface area contributed by atoms with Crippen molar-refractivity contribution in [3.05, 3.63) is 100 Å². The average Bonchev–Trinajstić information content (AvgIpc) is 2.90. The van der Waals surface area contributed by atoms with Crippen LogP contribution in [0.4, 0.5) is 10.1 Å². The SMILES string of the molecule is CCC(C)NC(=O)C(Cc1ccccc1)N(Cc1ccccc1F)C(=O)CN(c1ccccc1Br)S(C)(=O)=O. The normalized spacial score (nSPS) is 12.8. The second kappa shape index (κ2) is 13.7. The summed E-state index contributed by atoms with van der Waals surface area (Å²) in [5.74, 6) is -1.56. The lowest BCUT2D eigenvalue weighted by Crippen LogP contribution is -2.54. The summed E-state index contributed by atoms with van der Waals surface area (Å²) in [6, 6.07) is 20.7. The van der Waals surface area contributed by atoms with Gasteiger partial charge in [-0.05, 0) is 53.0 Å². The Kier molecular flexibility index (Phi) is 10.7. The minimum absolute atomic E-state index is 0.158. The summed E-state index contributed by atoms with van der Waals surface area (Å²) in [7, 11) is -3.90. The molecule has 208 valence electrons. The highest BCUT2D eigenvalue weighted by Gasteiger charge is 2.34. The van der Waals surface area contributed by atoms with Crippen molar-refractivity contribution in [1.29, 1.82) is 0 Å². The van der Waals surface area contributed by atoms with Gasteiger partial charge in [0.15, 0.2) is 0 Å². The summed E-state index contributed by atoms with van der Waals surface area (Å²) in [6.07, 6.45) is 1.85. The number of carbonyl (C=O) groups excluding carboxylic acids is 2. The molecule has 39 heavy (non-hydrogen) atoms. The van der Waals surface area contributed by atoms with E-state index in [0.29, 0.717) is 10.9 Å². The van der Waals surface area contributed by atoms with Gasteiger partial charge in [0.05, 0.1) is 11.9 Å².